The molecule has 0 fully saturated rings. The van der Waals surface area contributed by atoms with Crippen molar-refractivity contribution in [3.63, 3.8) is 0 Å². The Bertz CT molecular complexity index is 684. The Morgan fingerprint density at radius 1 is 0.867 bits per heavy atom. The molecule has 0 N–H and O–H groups in total. The van der Waals surface area contributed by atoms with E-state index in [4.69, 9.17) is 4.74 Å². The van der Waals surface area contributed by atoms with E-state index in [9.17, 15) is 4.79 Å². The summed E-state index contributed by atoms with van der Waals surface area (Å²) in [4.78, 5) is 15.7. The fourth-order valence-electron chi connectivity index (χ4n) is 2.62. The van der Waals surface area contributed by atoms with Crippen molar-refractivity contribution in [3.05, 3.63) is 90.9 Å². The molecule has 0 aromatic carbocycles. The molecular formula is C27H37NO2. The summed E-state index contributed by atoms with van der Waals surface area (Å²) in [5, 5.41) is 0. The van der Waals surface area contributed by atoms with Crippen LogP contribution in [-0.4, -0.2) is 11.0 Å². The Hall–Kier alpha value is -2.68. The van der Waals surface area contributed by atoms with Crippen molar-refractivity contribution in [1.82, 2.24) is 4.98 Å². The summed E-state index contributed by atoms with van der Waals surface area (Å²) < 4.78 is 5.24. The molecular weight excluding hydrogens is 370 g/mol. The highest BCUT2D eigenvalue weighted by atomic mass is 16.5. The zero-order valence-electron chi connectivity index (χ0n) is 18.4. The maximum absolute atomic E-state index is 11.7. The number of allylic oxidation sites excluding steroid dienone is 10. The number of nitrogens with zero attached hydrogens (tertiary/aromatic N) is 1. The lowest BCUT2D eigenvalue weighted by Crippen LogP contribution is -2.04. The summed E-state index contributed by atoms with van der Waals surface area (Å²) in [6.45, 7) is 2.46. The van der Waals surface area contributed by atoms with Gasteiger partial charge >= 0.3 is 5.97 Å². The molecule has 3 heteroatoms. The number of carbonyl (C=O) groups excluding carboxylic acids is 1. The number of ether oxygens (including phenoxy) is 1. The maximum atomic E-state index is 11.7. The average molecular weight is 408 g/mol. The Labute approximate surface area is 183 Å². The number of unbranched alkanes of at least 4 members (excludes halogenated alkanes) is 2. The van der Waals surface area contributed by atoms with E-state index in [1.54, 1.807) is 12.4 Å². The van der Waals surface area contributed by atoms with Gasteiger partial charge < -0.3 is 4.74 Å². The largest absolute Gasteiger partial charge is 0.461 e. The molecule has 0 aliphatic carbocycles. The molecule has 1 aromatic rings. The van der Waals surface area contributed by atoms with Gasteiger partial charge in [-0.25, -0.2) is 0 Å². The Kier molecular flexibility index (Phi) is 16.6. The molecule has 3 nitrogen and oxygen atoms in total. The number of carbonyl (C=O) groups is 1. The number of hydrogen-bond acceptors (Lipinski definition) is 3. The molecule has 0 spiro atoms. The predicted octanol–water partition coefficient (Wildman–Crippen LogP) is 7.44. The van der Waals surface area contributed by atoms with Crippen LogP contribution in [0.2, 0.25) is 0 Å². The number of esters is 1. The van der Waals surface area contributed by atoms with Gasteiger partial charge in [-0.3, -0.25) is 9.78 Å². The average Bonchev–Trinajstić information content (AvgIpc) is 2.77. The number of aromatic nitrogens is 1. The lowest BCUT2D eigenvalue weighted by molar-refractivity contribution is -0.145. The van der Waals surface area contributed by atoms with Gasteiger partial charge in [0.05, 0.1) is 0 Å². The van der Waals surface area contributed by atoms with E-state index in [1.165, 1.54) is 0 Å². The Morgan fingerprint density at radius 2 is 1.47 bits per heavy atom. The van der Waals surface area contributed by atoms with Crippen LogP contribution in [0.15, 0.2) is 85.3 Å². The van der Waals surface area contributed by atoms with Gasteiger partial charge in [0.2, 0.25) is 0 Å². The van der Waals surface area contributed by atoms with Gasteiger partial charge in [-0.1, -0.05) is 73.8 Å². The van der Waals surface area contributed by atoms with Crippen LogP contribution in [0, 0.1) is 0 Å². The van der Waals surface area contributed by atoms with Gasteiger partial charge in [-0.15, -0.1) is 0 Å². The molecule has 0 aliphatic heterocycles. The third-order valence-corrected chi connectivity index (χ3v) is 4.28. The van der Waals surface area contributed by atoms with E-state index in [2.05, 4.69) is 72.7 Å². The molecule has 0 unspecified atom stereocenters. The van der Waals surface area contributed by atoms with Gasteiger partial charge in [-0.2, -0.15) is 0 Å². The van der Waals surface area contributed by atoms with Gasteiger partial charge in [0.25, 0.3) is 0 Å². The van der Waals surface area contributed by atoms with Crippen molar-refractivity contribution in [2.45, 2.75) is 71.3 Å². The van der Waals surface area contributed by atoms with Crippen LogP contribution in [-0.2, 0) is 16.1 Å². The predicted molar refractivity (Wildman–Crippen MR) is 127 cm³/mol. The standard InChI is InChI=1S/C27H37NO2/c1-2-3-4-5-6-7-8-9-10-11-12-13-14-15-16-17-18-19-22-27(29)30-25-26-21-20-23-28-24-26/h3-4,6-7,9-10,12-13,15-16,20-21,23-24H,2,5,8,11,14,17-19,22,25H2,1H3/b4-3-,7-6-,10-9-,13-12-,16-15-. The maximum Gasteiger partial charge on any atom is 0.306 e. The third-order valence-electron chi connectivity index (χ3n) is 4.28. The highest BCUT2D eigenvalue weighted by molar-refractivity contribution is 5.69. The van der Waals surface area contributed by atoms with E-state index < -0.39 is 0 Å². The first-order valence-electron chi connectivity index (χ1n) is 11.1. The second-order valence-corrected chi connectivity index (χ2v) is 6.98. The summed E-state index contributed by atoms with van der Waals surface area (Å²) >= 11 is 0. The molecule has 0 aliphatic rings. The van der Waals surface area contributed by atoms with Crippen LogP contribution in [0.25, 0.3) is 0 Å². The summed E-state index contributed by atoms with van der Waals surface area (Å²) in [5.41, 5.74) is 0.921. The Balaban J connectivity index is 1.93. The topological polar surface area (TPSA) is 39.2 Å². The fourth-order valence-corrected chi connectivity index (χ4v) is 2.62. The summed E-state index contributed by atoms with van der Waals surface area (Å²) in [5.74, 6) is -0.136. The van der Waals surface area contributed by atoms with E-state index in [0.29, 0.717) is 13.0 Å². The van der Waals surface area contributed by atoms with Crippen LogP contribution in [0.4, 0.5) is 0 Å². The third kappa shape index (κ3) is 16.3. The normalized spacial score (nSPS) is 12.3. The lowest BCUT2D eigenvalue weighted by Gasteiger charge is -2.04. The highest BCUT2D eigenvalue weighted by Crippen LogP contribution is 2.05. The van der Waals surface area contributed by atoms with Crippen molar-refractivity contribution >= 4 is 5.97 Å². The lowest BCUT2D eigenvalue weighted by atomic mass is 10.2. The molecule has 0 radical (unpaired) electrons. The van der Waals surface area contributed by atoms with Crippen molar-refractivity contribution in [1.29, 1.82) is 0 Å². The van der Waals surface area contributed by atoms with Crippen molar-refractivity contribution in [2.24, 2.45) is 0 Å². The van der Waals surface area contributed by atoms with Crippen LogP contribution < -0.4 is 0 Å². The van der Waals surface area contributed by atoms with Crippen LogP contribution in [0.5, 0.6) is 0 Å². The Morgan fingerprint density at radius 3 is 2.03 bits per heavy atom. The summed E-state index contributed by atoms with van der Waals surface area (Å²) in [7, 11) is 0. The van der Waals surface area contributed by atoms with E-state index in [1.807, 2.05) is 12.1 Å². The van der Waals surface area contributed by atoms with Crippen molar-refractivity contribution < 1.29 is 9.53 Å². The molecule has 0 atom stereocenters. The zero-order chi connectivity index (χ0) is 21.5. The second kappa shape index (κ2) is 19.6. The van der Waals surface area contributed by atoms with Crippen molar-refractivity contribution in [3.8, 4) is 0 Å². The van der Waals surface area contributed by atoms with Crippen LogP contribution >= 0.6 is 0 Å². The number of hydrogen-bond donors (Lipinski definition) is 0. The van der Waals surface area contributed by atoms with Crippen LogP contribution in [0.1, 0.15) is 70.3 Å². The van der Waals surface area contributed by atoms with Gasteiger partial charge in [0.15, 0.2) is 0 Å². The van der Waals surface area contributed by atoms with E-state index in [-0.39, 0.29) is 5.97 Å². The minimum absolute atomic E-state index is 0.136. The monoisotopic (exact) mass is 407 g/mol. The highest BCUT2D eigenvalue weighted by Gasteiger charge is 2.02. The first-order chi connectivity index (χ1) is 14.8. The molecule has 162 valence electrons. The summed E-state index contributed by atoms with van der Waals surface area (Å²) in [6.07, 6.45) is 33.9. The number of pyridine rings is 1. The SMILES string of the molecule is CC/C=C\C/C=C\C/C=C\C/C=C\C/C=C\CCCCC(=O)OCc1cccnc1. The van der Waals surface area contributed by atoms with Crippen molar-refractivity contribution in [2.75, 3.05) is 0 Å². The van der Waals surface area contributed by atoms with Gasteiger partial charge in [-0.05, 0) is 57.4 Å². The van der Waals surface area contributed by atoms with Gasteiger partial charge in [0, 0.05) is 24.4 Å². The summed E-state index contributed by atoms with van der Waals surface area (Å²) in [6, 6.07) is 3.75. The smallest absolute Gasteiger partial charge is 0.306 e. The number of rotatable bonds is 16. The minimum Gasteiger partial charge on any atom is -0.461 e. The quantitative estimate of drug-likeness (QED) is 0.162. The van der Waals surface area contributed by atoms with E-state index >= 15 is 0 Å². The molecule has 0 saturated heterocycles. The molecule has 1 rings (SSSR count). The molecule has 30 heavy (non-hydrogen) atoms. The van der Waals surface area contributed by atoms with Gasteiger partial charge in [0.1, 0.15) is 6.61 Å². The van der Waals surface area contributed by atoms with Crippen LogP contribution in [0.3, 0.4) is 0 Å². The zero-order valence-corrected chi connectivity index (χ0v) is 18.4. The first kappa shape index (κ1) is 25.4. The molecule has 0 saturated carbocycles. The molecule has 0 bridgehead atoms. The fraction of sp³-hybridized carbons (Fsp3) is 0.407. The molecule has 0 amide bonds. The second-order valence-electron chi connectivity index (χ2n) is 6.98. The molecule has 1 heterocycles. The van der Waals surface area contributed by atoms with E-state index in [0.717, 1.165) is 56.9 Å². The minimum atomic E-state index is -0.136. The first-order valence-corrected chi connectivity index (χ1v) is 11.1. The molecule has 1 aromatic heterocycles.